The maximum Gasteiger partial charge on any atom is 0.433 e. The first-order chi connectivity index (χ1) is 13.5. The van der Waals surface area contributed by atoms with E-state index in [1.165, 1.54) is 18.3 Å². The predicted molar refractivity (Wildman–Crippen MR) is 107 cm³/mol. The third-order valence-electron chi connectivity index (χ3n) is 4.56. The quantitative estimate of drug-likeness (QED) is 0.416. The second kappa shape index (κ2) is 6.68. The Bertz CT molecular complexity index is 1370. The Morgan fingerprint density at radius 1 is 1.24 bits per heavy atom. The lowest BCUT2D eigenvalue weighted by atomic mass is 10.2. The van der Waals surface area contributed by atoms with Gasteiger partial charge in [-0.15, -0.1) is 11.3 Å². The number of halogens is 4. The SMILES string of the molecule is CCS(=O)(=O)c1c(-c2nc3cc(C(F)(F)F)ncc3n2C)sc2cc(Cl)ccc12. The molecule has 152 valence electrons. The highest BCUT2D eigenvalue weighted by Gasteiger charge is 2.33. The third kappa shape index (κ3) is 3.28. The average Bonchev–Trinajstić information content (AvgIpc) is 3.18. The van der Waals surface area contributed by atoms with Crippen LogP contribution in [0.15, 0.2) is 35.4 Å². The molecular formula is C18H13ClF3N3O2S2. The van der Waals surface area contributed by atoms with E-state index in [4.69, 9.17) is 11.6 Å². The highest BCUT2D eigenvalue weighted by atomic mass is 35.5. The molecule has 0 bridgehead atoms. The summed E-state index contributed by atoms with van der Waals surface area (Å²) in [6.45, 7) is 1.53. The highest BCUT2D eigenvalue weighted by Crippen LogP contribution is 2.43. The molecule has 0 radical (unpaired) electrons. The summed E-state index contributed by atoms with van der Waals surface area (Å²) < 4.78 is 66.9. The van der Waals surface area contributed by atoms with Gasteiger partial charge >= 0.3 is 6.18 Å². The van der Waals surface area contributed by atoms with Crippen molar-refractivity contribution in [3.05, 3.63) is 41.2 Å². The molecule has 0 saturated heterocycles. The zero-order valence-corrected chi connectivity index (χ0v) is 17.5. The Labute approximate surface area is 172 Å². The van der Waals surface area contributed by atoms with Crippen LogP contribution in [-0.4, -0.2) is 28.7 Å². The molecule has 0 fully saturated rings. The molecule has 3 heterocycles. The Balaban J connectivity index is 2.05. The lowest BCUT2D eigenvalue weighted by molar-refractivity contribution is -0.141. The van der Waals surface area contributed by atoms with Crippen molar-refractivity contribution >= 4 is 53.9 Å². The van der Waals surface area contributed by atoms with Crippen LogP contribution in [0, 0.1) is 0 Å². The number of alkyl halides is 3. The molecular weight excluding hydrogens is 447 g/mol. The van der Waals surface area contributed by atoms with Gasteiger partial charge in [0.15, 0.2) is 15.7 Å². The number of nitrogens with zero attached hydrogens (tertiary/aromatic N) is 3. The molecule has 0 atom stereocenters. The lowest BCUT2D eigenvalue weighted by Crippen LogP contribution is -2.07. The van der Waals surface area contributed by atoms with Gasteiger partial charge in [-0.3, -0.25) is 0 Å². The van der Waals surface area contributed by atoms with E-state index in [1.54, 1.807) is 29.8 Å². The summed E-state index contributed by atoms with van der Waals surface area (Å²) in [6.07, 6.45) is -3.51. The van der Waals surface area contributed by atoms with Crippen LogP contribution in [0.3, 0.4) is 0 Å². The number of benzene rings is 1. The third-order valence-corrected chi connectivity index (χ3v) is 7.88. The minimum atomic E-state index is -4.60. The van der Waals surface area contributed by atoms with Crippen molar-refractivity contribution < 1.29 is 21.6 Å². The van der Waals surface area contributed by atoms with Gasteiger partial charge in [-0.05, 0) is 18.2 Å². The summed E-state index contributed by atoms with van der Waals surface area (Å²) in [5.74, 6) is 0.128. The standard InChI is InChI=1S/C18H13ClF3N3O2S2/c1-3-29(26,27)16-10-5-4-9(19)6-13(10)28-15(16)17-24-11-7-14(18(20,21)22)23-8-12(11)25(17)2/h4-8H,3H2,1-2H3. The number of imidazole rings is 1. The van der Waals surface area contributed by atoms with Gasteiger partial charge in [0.2, 0.25) is 0 Å². The molecule has 11 heteroatoms. The molecule has 4 rings (SSSR count). The van der Waals surface area contributed by atoms with E-state index in [9.17, 15) is 21.6 Å². The molecule has 0 aliphatic heterocycles. The summed E-state index contributed by atoms with van der Waals surface area (Å²) in [5.41, 5.74) is -0.609. The summed E-state index contributed by atoms with van der Waals surface area (Å²) in [4.78, 5) is 8.26. The summed E-state index contributed by atoms with van der Waals surface area (Å²) in [7, 11) is -2.03. The number of thiophene rings is 1. The number of hydrogen-bond donors (Lipinski definition) is 0. The highest BCUT2D eigenvalue weighted by molar-refractivity contribution is 7.92. The number of fused-ring (bicyclic) bond motifs is 2. The van der Waals surface area contributed by atoms with Crippen LogP contribution in [0.1, 0.15) is 12.6 Å². The van der Waals surface area contributed by atoms with Crippen LogP contribution >= 0.6 is 22.9 Å². The van der Waals surface area contributed by atoms with Gasteiger partial charge in [0.25, 0.3) is 0 Å². The van der Waals surface area contributed by atoms with Gasteiger partial charge in [-0.2, -0.15) is 13.2 Å². The second-order valence-electron chi connectivity index (χ2n) is 6.35. The zero-order valence-electron chi connectivity index (χ0n) is 15.1. The van der Waals surface area contributed by atoms with Crippen LogP contribution in [0.2, 0.25) is 5.02 Å². The molecule has 0 aliphatic rings. The van der Waals surface area contributed by atoms with E-state index in [-0.39, 0.29) is 22.0 Å². The number of pyridine rings is 1. The predicted octanol–water partition coefficient (Wildman–Crippen LogP) is 5.32. The van der Waals surface area contributed by atoms with Crippen LogP contribution in [-0.2, 0) is 23.1 Å². The van der Waals surface area contributed by atoms with Crippen molar-refractivity contribution in [2.75, 3.05) is 5.75 Å². The van der Waals surface area contributed by atoms with E-state index in [2.05, 4.69) is 9.97 Å². The Hall–Kier alpha value is -2.17. The minimum absolute atomic E-state index is 0.0835. The fraction of sp³-hybridized carbons (Fsp3) is 0.222. The zero-order chi connectivity index (χ0) is 21.1. The maximum atomic E-state index is 13.0. The van der Waals surface area contributed by atoms with Gasteiger partial charge in [0.1, 0.15) is 5.69 Å². The fourth-order valence-corrected chi connectivity index (χ4v) is 6.24. The van der Waals surface area contributed by atoms with Crippen molar-refractivity contribution in [1.82, 2.24) is 14.5 Å². The average molecular weight is 460 g/mol. The van der Waals surface area contributed by atoms with Crippen molar-refractivity contribution in [3.63, 3.8) is 0 Å². The van der Waals surface area contributed by atoms with Crippen LogP contribution in [0.25, 0.3) is 31.8 Å². The van der Waals surface area contributed by atoms with Crippen molar-refractivity contribution in [2.45, 2.75) is 18.0 Å². The number of sulfone groups is 1. The normalized spacial score (nSPS) is 12.9. The Morgan fingerprint density at radius 2 is 1.97 bits per heavy atom. The number of hydrogen-bond acceptors (Lipinski definition) is 5. The maximum absolute atomic E-state index is 13.0. The second-order valence-corrected chi connectivity index (χ2v) is 10.1. The van der Waals surface area contributed by atoms with E-state index in [1.807, 2.05) is 0 Å². The number of aromatic nitrogens is 3. The number of rotatable bonds is 3. The minimum Gasteiger partial charge on any atom is -0.325 e. The van der Waals surface area contributed by atoms with E-state index < -0.39 is 21.7 Å². The van der Waals surface area contributed by atoms with Gasteiger partial charge in [-0.1, -0.05) is 24.6 Å². The van der Waals surface area contributed by atoms with Crippen LogP contribution in [0.5, 0.6) is 0 Å². The molecule has 0 spiro atoms. The van der Waals surface area contributed by atoms with Crippen LogP contribution in [0.4, 0.5) is 13.2 Å². The topological polar surface area (TPSA) is 64.8 Å². The monoisotopic (exact) mass is 459 g/mol. The molecule has 0 saturated carbocycles. The van der Waals surface area contributed by atoms with Crippen LogP contribution < -0.4 is 0 Å². The summed E-state index contributed by atoms with van der Waals surface area (Å²) in [6, 6.07) is 5.75. The first-order valence-corrected chi connectivity index (χ1v) is 11.2. The summed E-state index contributed by atoms with van der Waals surface area (Å²) >= 11 is 7.23. The van der Waals surface area contributed by atoms with E-state index in [0.717, 1.165) is 12.3 Å². The summed E-state index contributed by atoms with van der Waals surface area (Å²) in [5, 5.41) is 0.965. The van der Waals surface area contributed by atoms with Gasteiger partial charge < -0.3 is 4.57 Å². The Morgan fingerprint density at radius 3 is 2.62 bits per heavy atom. The smallest absolute Gasteiger partial charge is 0.325 e. The molecule has 5 nitrogen and oxygen atoms in total. The van der Waals surface area contributed by atoms with E-state index in [0.29, 0.717) is 25.5 Å². The van der Waals surface area contributed by atoms with Gasteiger partial charge in [0.05, 0.1) is 32.8 Å². The molecule has 0 aliphatic carbocycles. The van der Waals surface area contributed by atoms with Crippen molar-refractivity contribution in [3.8, 4) is 10.7 Å². The van der Waals surface area contributed by atoms with E-state index >= 15 is 0 Å². The molecule has 0 N–H and O–H groups in total. The molecule has 4 aromatic rings. The fourth-order valence-electron chi connectivity index (χ4n) is 3.09. The van der Waals surface area contributed by atoms with Gasteiger partial charge in [0, 0.05) is 22.2 Å². The molecule has 29 heavy (non-hydrogen) atoms. The Kier molecular flexibility index (Phi) is 4.63. The van der Waals surface area contributed by atoms with Crippen molar-refractivity contribution in [1.29, 1.82) is 0 Å². The number of aryl methyl sites for hydroxylation is 1. The lowest BCUT2D eigenvalue weighted by Gasteiger charge is -2.06. The molecule has 0 amide bonds. The molecule has 3 aromatic heterocycles. The van der Waals surface area contributed by atoms with Gasteiger partial charge in [-0.25, -0.2) is 18.4 Å². The first-order valence-electron chi connectivity index (χ1n) is 8.37. The largest absolute Gasteiger partial charge is 0.433 e. The first kappa shape index (κ1) is 20.1. The molecule has 1 aromatic carbocycles. The van der Waals surface area contributed by atoms with Crippen molar-refractivity contribution in [2.24, 2.45) is 7.05 Å². The molecule has 0 unspecified atom stereocenters.